The predicted octanol–water partition coefficient (Wildman–Crippen LogP) is 6.46. The van der Waals surface area contributed by atoms with Gasteiger partial charge in [0.05, 0.1) is 18.8 Å². The molecular formula is C26H40F3NO6Si. The molecule has 210 valence electrons. The molecule has 0 aromatic heterocycles. The maximum Gasteiger partial charge on any atom is 0.419 e. The van der Waals surface area contributed by atoms with Gasteiger partial charge in [0.1, 0.15) is 16.9 Å². The van der Waals surface area contributed by atoms with Gasteiger partial charge in [0.25, 0.3) is 0 Å². The number of hydrogen-bond acceptors (Lipinski definition) is 6. The molecule has 2 rings (SSSR count). The average molecular weight is 548 g/mol. The summed E-state index contributed by atoms with van der Waals surface area (Å²) in [6, 6.07) is 4.63. The molecule has 0 bridgehead atoms. The van der Waals surface area contributed by atoms with Crippen LogP contribution in [0.25, 0.3) is 6.08 Å². The number of ether oxygens (including phenoxy) is 5. The summed E-state index contributed by atoms with van der Waals surface area (Å²) in [5.41, 5.74) is -2.54. The van der Waals surface area contributed by atoms with Crippen molar-refractivity contribution < 1.29 is 41.7 Å². The maximum atomic E-state index is 13.8. The summed E-state index contributed by atoms with van der Waals surface area (Å²) in [4.78, 5) is 12.5. The molecule has 1 aliphatic heterocycles. The molecule has 0 radical (unpaired) electrons. The third-order valence-electron chi connectivity index (χ3n) is 5.30. The summed E-state index contributed by atoms with van der Waals surface area (Å²) in [7, 11) is -1.32. The normalized spacial score (nSPS) is 18.0. The van der Waals surface area contributed by atoms with Crippen LogP contribution in [-0.2, 0) is 25.1 Å². The summed E-state index contributed by atoms with van der Waals surface area (Å²) >= 11 is 0. The predicted molar refractivity (Wildman–Crippen MR) is 138 cm³/mol. The Morgan fingerprint density at radius 2 is 1.76 bits per heavy atom. The molecule has 1 aromatic rings. The Labute approximate surface area is 218 Å². The minimum atomic E-state index is -4.63. The fourth-order valence-electron chi connectivity index (χ4n) is 3.20. The fraction of sp³-hybridized carbons (Fsp3) is 0.654. The number of halogens is 3. The SMILES string of the molecule is CC(C)(C)OC(=O)NC1(C=Cc2ccc(OCOCC[Si](C)(C)C)c(C(F)(F)F)c2)COC(C)(C)OC1. The summed E-state index contributed by atoms with van der Waals surface area (Å²) in [5, 5.41) is 2.74. The van der Waals surface area contributed by atoms with Crippen molar-refractivity contribution in [3.05, 3.63) is 35.4 Å². The van der Waals surface area contributed by atoms with Crippen LogP contribution < -0.4 is 10.1 Å². The van der Waals surface area contributed by atoms with Crippen molar-refractivity contribution in [1.82, 2.24) is 5.32 Å². The van der Waals surface area contributed by atoms with Crippen LogP contribution in [0.3, 0.4) is 0 Å². The van der Waals surface area contributed by atoms with Gasteiger partial charge < -0.3 is 29.0 Å². The molecule has 0 spiro atoms. The highest BCUT2D eigenvalue weighted by atomic mass is 28.3. The summed E-state index contributed by atoms with van der Waals surface area (Å²) in [6.07, 6.45) is -2.29. The number of nitrogens with one attached hydrogen (secondary N) is 1. The van der Waals surface area contributed by atoms with Gasteiger partial charge in [0.2, 0.25) is 0 Å². The van der Waals surface area contributed by atoms with E-state index in [1.165, 1.54) is 18.2 Å². The van der Waals surface area contributed by atoms with Crippen molar-refractivity contribution in [3.8, 4) is 5.75 Å². The van der Waals surface area contributed by atoms with Crippen molar-refractivity contribution in [2.45, 2.75) is 83.4 Å². The Morgan fingerprint density at radius 1 is 1.14 bits per heavy atom. The molecule has 1 heterocycles. The highest BCUT2D eigenvalue weighted by molar-refractivity contribution is 6.76. The lowest BCUT2D eigenvalue weighted by atomic mass is 9.97. The minimum Gasteiger partial charge on any atom is -0.467 e. The first-order valence-electron chi connectivity index (χ1n) is 12.2. The molecule has 1 N–H and O–H groups in total. The number of alkyl halides is 3. The number of hydrogen-bond donors (Lipinski definition) is 1. The van der Waals surface area contributed by atoms with Gasteiger partial charge in [0, 0.05) is 14.7 Å². The number of carbonyl (C=O) groups is 1. The van der Waals surface area contributed by atoms with Crippen molar-refractivity contribution in [1.29, 1.82) is 0 Å². The van der Waals surface area contributed by atoms with Crippen LogP contribution in [0.5, 0.6) is 5.75 Å². The highest BCUT2D eigenvalue weighted by Gasteiger charge is 2.41. The van der Waals surface area contributed by atoms with Gasteiger partial charge in [-0.1, -0.05) is 37.9 Å². The Bertz CT molecular complexity index is 941. The Hall–Kier alpha value is -2.08. The second kappa shape index (κ2) is 11.8. The average Bonchev–Trinajstić information content (AvgIpc) is 2.72. The van der Waals surface area contributed by atoms with Crippen LogP contribution >= 0.6 is 0 Å². The van der Waals surface area contributed by atoms with E-state index in [4.69, 9.17) is 23.7 Å². The summed E-state index contributed by atoms with van der Waals surface area (Å²) < 4.78 is 68.9. The van der Waals surface area contributed by atoms with Gasteiger partial charge in [-0.2, -0.15) is 13.2 Å². The van der Waals surface area contributed by atoms with E-state index in [1.54, 1.807) is 40.7 Å². The molecule has 7 nitrogen and oxygen atoms in total. The molecule has 1 aliphatic rings. The lowest BCUT2D eigenvalue weighted by molar-refractivity contribution is -0.263. The smallest absolute Gasteiger partial charge is 0.419 e. The van der Waals surface area contributed by atoms with Gasteiger partial charge >= 0.3 is 12.3 Å². The number of carbonyl (C=O) groups excluding carboxylic acids is 1. The van der Waals surface area contributed by atoms with E-state index >= 15 is 0 Å². The van der Waals surface area contributed by atoms with E-state index in [2.05, 4.69) is 25.0 Å². The number of amides is 1. The van der Waals surface area contributed by atoms with Crippen molar-refractivity contribution in [2.24, 2.45) is 0 Å². The third-order valence-corrected chi connectivity index (χ3v) is 7.01. The van der Waals surface area contributed by atoms with Gasteiger partial charge in [-0.15, -0.1) is 0 Å². The highest BCUT2D eigenvalue weighted by Crippen LogP contribution is 2.37. The van der Waals surface area contributed by atoms with E-state index in [9.17, 15) is 18.0 Å². The summed E-state index contributed by atoms with van der Waals surface area (Å²) in [5.74, 6) is -1.18. The van der Waals surface area contributed by atoms with E-state index in [0.717, 1.165) is 12.1 Å². The maximum absolute atomic E-state index is 13.8. The molecule has 1 amide bonds. The molecular weight excluding hydrogens is 507 g/mol. The fourth-order valence-corrected chi connectivity index (χ4v) is 3.96. The second-order valence-electron chi connectivity index (χ2n) is 11.8. The quantitative estimate of drug-likeness (QED) is 0.217. The van der Waals surface area contributed by atoms with E-state index < -0.39 is 42.8 Å². The zero-order valence-electron chi connectivity index (χ0n) is 23.0. The monoisotopic (exact) mass is 547 g/mol. The standard InChI is InChI=1S/C26H40F3NO6Si/c1-23(2,3)36-22(31)30-25(16-34-24(4,5)35-17-25)12-11-19-9-10-21(20(15-19)26(27,28)29)33-18-32-13-14-37(6,7)8/h9-12,15H,13-14,16-18H2,1-8H3,(H,30,31). The van der Waals surface area contributed by atoms with Gasteiger partial charge in [0.15, 0.2) is 12.6 Å². The molecule has 0 atom stereocenters. The molecule has 1 saturated heterocycles. The molecule has 0 aliphatic carbocycles. The Balaban J connectivity index is 2.21. The van der Waals surface area contributed by atoms with Crippen LogP contribution in [0.1, 0.15) is 45.7 Å². The zero-order valence-corrected chi connectivity index (χ0v) is 24.0. The second-order valence-corrected chi connectivity index (χ2v) is 17.4. The minimum absolute atomic E-state index is 0.0395. The lowest BCUT2D eigenvalue weighted by Crippen LogP contribution is -2.60. The van der Waals surface area contributed by atoms with Gasteiger partial charge in [-0.3, -0.25) is 0 Å². The van der Waals surface area contributed by atoms with Crippen LogP contribution in [0.2, 0.25) is 25.7 Å². The molecule has 1 aromatic carbocycles. The molecule has 0 saturated carbocycles. The van der Waals surface area contributed by atoms with Crippen molar-refractivity contribution >= 4 is 20.2 Å². The Kier molecular flexibility index (Phi) is 9.89. The van der Waals surface area contributed by atoms with Crippen LogP contribution in [-0.4, -0.2) is 57.7 Å². The first kappa shape index (κ1) is 31.1. The van der Waals surface area contributed by atoms with Crippen molar-refractivity contribution in [2.75, 3.05) is 26.6 Å². The number of alkyl carbamates (subject to hydrolysis) is 1. The van der Waals surface area contributed by atoms with Crippen LogP contribution in [0, 0.1) is 0 Å². The van der Waals surface area contributed by atoms with Crippen LogP contribution in [0.15, 0.2) is 24.3 Å². The molecule has 1 fully saturated rings. The van der Waals surface area contributed by atoms with E-state index in [1.807, 2.05) is 0 Å². The molecule has 11 heteroatoms. The zero-order chi connectivity index (χ0) is 28.1. The lowest BCUT2D eigenvalue weighted by Gasteiger charge is -2.42. The molecule has 0 unspecified atom stereocenters. The van der Waals surface area contributed by atoms with Crippen LogP contribution in [0.4, 0.5) is 18.0 Å². The largest absolute Gasteiger partial charge is 0.467 e. The Morgan fingerprint density at radius 3 is 2.30 bits per heavy atom. The molecule has 37 heavy (non-hydrogen) atoms. The van der Waals surface area contributed by atoms with E-state index in [-0.39, 0.29) is 31.3 Å². The summed E-state index contributed by atoms with van der Waals surface area (Å²) in [6.45, 7) is 15.5. The van der Waals surface area contributed by atoms with Gasteiger partial charge in [-0.25, -0.2) is 4.79 Å². The first-order valence-corrected chi connectivity index (χ1v) is 15.9. The number of rotatable bonds is 9. The van der Waals surface area contributed by atoms with E-state index in [0.29, 0.717) is 6.61 Å². The topological polar surface area (TPSA) is 75.3 Å². The number of benzene rings is 1. The third kappa shape index (κ3) is 11.1. The first-order chi connectivity index (χ1) is 16.8. The van der Waals surface area contributed by atoms with Crippen molar-refractivity contribution in [3.63, 3.8) is 0 Å². The van der Waals surface area contributed by atoms with Gasteiger partial charge in [-0.05, 0) is 58.4 Å².